The molecule has 0 aliphatic heterocycles. The molecule has 1 aromatic rings. The van der Waals surface area contributed by atoms with Crippen molar-refractivity contribution in [3.8, 4) is 0 Å². The highest BCUT2D eigenvalue weighted by Crippen LogP contribution is 2.18. The minimum atomic E-state index is -0.228. The number of nitrogens with one attached hydrogen (secondary N) is 1. The highest BCUT2D eigenvalue weighted by molar-refractivity contribution is 5.83. The lowest BCUT2D eigenvalue weighted by Gasteiger charge is -2.26. The van der Waals surface area contributed by atoms with Crippen molar-refractivity contribution in [3.05, 3.63) is 35.9 Å². The molecule has 0 aliphatic carbocycles. The predicted molar refractivity (Wildman–Crippen MR) is 74.2 cm³/mol. The summed E-state index contributed by atoms with van der Waals surface area (Å²) in [5.41, 5.74) is 6.45. The Hall–Kier alpha value is -1.39. The van der Waals surface area contributed by atoms with Gasteiger partial charge in [-0.25, -0.2) is 0 Å². The Labute approximate surface area is 109 Å². The summed E-state index contributed by atoms with van der Waals surface area (Å²) < 4.78 is 0. The van der Waals surface area contributed by atoms with Crippen LogP contribution in [0.5, 0.6) is 0 Å². The first-order valence-corrected chi connectivity index (χ1v) is 6.43. The monoisotopic (exact) mass is 249 g/mol. The van der Waals surface area contributed by atoms with E-state index >= 15 is 0 Å². The molecule has 0 radical (unpaired) electrons. The topological polar surface area (TPSA) is 58.4 Å². The molecule has 0 bridgehead atoms. The third-order valence-corrected chi connectivity index (χ3v) is 2.98. The van der Waals surface area contributed by atoms with Crippen LogP contribution in [0, 0.1) is 0 Å². The first-order chi connectivity index (χ1) is 8.70. The molecule has 1 amide bonds. The Bertz CT molecular complexity index is 353. The number of benzene rings is 1. The average Bonchev–Trinajstić information content (AvgIpc) is 2.40. The lowest BCUT2D eigenvalue weighted by atomic mass is 10.0. The fourth-order valence-corrected chi connectivity index (χ4v) is 1.83. The first kappa shape index (κ1) is 14.7. The molecule has 0 saturated carbocycles. The molecular formula is C14H23N3O. The zero-order valence-electron chi connectivity index (χ0n) is 11.2. The summed E-state index contributed by atoms with van der Waals surface area (Å²) in [6.45, 7) is 4.10. The number of carbonyl (C=O) groups is 1. The molecule has 4 heteroatoms. The van der Waals surface area contributed by atoms with Gasteiger partial charge >= 0.3 is 0 Å². The maximum Gasteiger partial charge on any atom is 0.241 e. The van der Waals surface area contributed by atoms with Gasteiger partial charge < -0.3 is 11.1 Å². The molecule has 1 unspecified atom stereocenters. The molecule has 100 valence electrons. The number of nitrogens with two attached hydrogens (primary N) is 1. The summed E-state index contributed by atoms with van der Waals surface area (Å²) >= 11 is 0. The Morgan fingerprint density at radius 1 is 1.39 bits per heavy atom. The third kappa shape index (κ3) is 4.13. The third-order valence-electron chi connectivity index (χ3n) is 2.98. The van der Waals surface area contributed by atoms with E-state index in [-0.39, 0.29) is 11.9 Å². The van der Waals surface area contributed by atoms with Gasteiger partial charge in [0.05, 0.1) is 0 Å². The van der Waals surface area contributed by atoms with Crippen LogP contribution in [0.15, 0.2) is 30.3 Å². The number of nitrogens with zero attached hydrogens (tertiary/aromatic N) is 1. The maximum absolute atomic E-state index is 12.2. The molecule has 1 atom stereocenters. The molecular weight excluding hydrogens is 226 g/mol. The molecule has 3 N–H and O–H groups in total. The van der Waals surface area contributed by atoms with Gasteiger partial charge in [0.1, 0.15) is 6.04 Å². The van der Waals surface area contributed by atoms with Crippen molar-refractivity contribution >= 4 is 5.91 Å². The molecule has 0 aromatic heterocycles. The van der Waals surface area contributed by atoms with E-state index < -0.39 is 0 Å². The molecule has 1 rings (SSSR count). The molecule has 18 heavy (non-hydrogen) atoms. The van der Waals surface area contributed by atoms with Gasteiger partial charge in [-0.3, -0.25) is 9.69 Å². The highest BCUT2D eigenvalue weighted by Gasteiger charge is 2.23. The van der Waals surface area contributed by atoms with Gasteiger partial charge in [0.25, 0.3) is 0 Å². The number of rotatable bonds is 7. The Morgan fingerprint density at radius 2 is 2.06 bits per heavy atom. The van der Waals surface area contributed by atoms with E-state index in [0.717, 1.165) is 18.5 Å². The van der Waals surface area contributed by atoms with Crippen LogP contribution in [-0.4, -0.2) is 37.5 Å². The summed E-state index contributed by atoms with van der Waals surface area (Å²) in [5.74, 6) is 0.0407. The van der Waals surface area contributed by atoms with Gasteiger partial charge in [0.2, 0.25) is 5.91 Å². The summed E-state index contributed by atoms with van der Waals surface area (Å²) in [6.07, 6.45) is 0.809. The van der Waals surface area contributed by atoms with Crippen molar-refractivity contribution in [2.24, 2.45) is 5.73 Å². The second-order valence-corrected chi connectivity index (χ2v) is 4.32. The number of carbonyl (C=O) groups excluding carboxylic acids is 1. The second kappa shape index (κ2) is 7.84. The van der Waals surface area contributed by atoms with Crippen molar-refractivity contribution in [3.63, 3.8) is 0 Å². The summed E-state index contributed by atoms with van der Waals surface area (Å²) in [5, 5.41) is 2.94. The second-order valence-electron chi connectivity index (χ2n) is 4.32. The van der Waals surface area contributed by atoms with Crippen molar-refractivity contribution in [1.82, 2.24) is 10.2 Å². The zero-order valence-corrected chi connectivity index (χ0v) is 11.2. The van der Waals surface area contributed by atoms with Crippen LogP contribution in [0.1, 0.15) is 24.9 Å². The van der Waals surface area contributed by atoms with E-state index in [1.54, 1.807) is 0 Å². The van der Waals surface area contributed by atoms with Gasteiger partial charge in [0, 0.05) is 6.54 Å². The molecule has 0 spiro atoms. The van der Waals surface area contributed by atoms with Gasteiger partial charge in [-0.1, -0.05) is 37.3 Å². The Morgan fingerprint density at radius 3 is 2.61 bits per heavy atom. The maximum atomic E-state index is 12.2. The van der Waals surface area contributed by atoms with Crippen LogP contribution in [0.2, 0.25) is 0 Å². The van der Waals surface area contributed by atoms with Crippen molar-refractivity contribution in [2.75, 3.05) is 26.7 Å². The molecule has 0 fully saturated rings. The van der Waals surface area contributed by atoms with Crippen LogP contribution < -0.4 is 11.1 Å². The molecule has 4 nitrogen and oxygen atoms in total. The number of hydrogen-bond donors (Lipinski definition) is 2. The number of amides is 1. The highest BCUT2D eigenvalue weighted by atomic mass is 16.2. The summed E-state index contributed by atoms with van der Waals surface area (Å²) in [7, 11) is 1.96. The Balaban J connectivity index is 2.76. The van der Waals surface area contributed by atoms with Crippen molar-refractivity contribution in [1.29, 1.82) is 0 Å². The first-order valence-electron chi connectivity index (χ1n) is 6.43. The number of hydrogen-bond acceptors (Lipinski definition) is 3. The minimum Gasteiger partial charge on any atom is -0.354 e. The normalized spacial score (nSPS) is 12.4. The van der Waals surface area contributed by atoms with E-state index in [4.69, 9.17) is 5.73 Å². The minimum absolute atomic E-state index is 0.0407. The SMILES string of the molecule is CCN(C)C(C(=O)NCCCN)c1ccccc1. The fraction of sp³-hybridized carbons (Fsp3) is 0.500. The van der Waals surface area contributed by atoms with Crippen LogP contribution in [0.4, 0.5) is 0 Å². The smallest absolute Gasteiger partial charge is 0.241 e. The molecule has 0 saturated heterocycles. The average molecular weight is 249 g/mol. The fourth-order valence-electron chi connectivity index (χ4n) is 1.83. The van der Waals surface area contributed by atoms with Crippen molar-refractivity contribution in [2.45, 2.75) is 19.4 Å². The van der Waals surface area contributed by atoms with Gasteiger partial charge in [-0.2, -0.15) is 0 Å². The van der Waals surface area contributed by atoms with Gasteiger partial charge in [-0.15, -0.1) is 0 Å². The van der Waals surface area contributed by atoms with E-state index in [0.29, 0.717) is 13.1 Å². The van der Waals surface area contributed by atoms with Crippen LogP contribution in [0.3, 0.4) is 0 Å². The molecule has 0 aliphatic rings. The predicted octanol–water partition coefficient (Wildman–Crippen LogP) is 1.14. The van der Waals surface area contributed by atoms with E-state index in [9.17, 15) is 4.79 Å². The van der Waals surface area contributed by atoms with Gasteiger partial charge in [0.15, 0.2) is 0 Å². The van der Waals surface area contributed by atoms with Crippen molar-refractivity contribution < 1.29 is 4.79 Å². The van der Waals surface area contributed by atoms with E-state index in [1.807, 2.05) is 49.2 Å². The van der Waals surface area contributed by atoms with Crippen LogP contribution in [0.25, 0.3) is 0 Å². The molecule has 0 heterocycles. The van der Waals surface area contributed by atoms with E-state index in [2.05, 4.69) is 5.32 Å². The number of likely N-dealkylation sites (N-methyl/N-ethyl adjacent to an activating group) is 1. The Kier molecular flexibility index (Phi) is 6.39. The quantitative estimate of drug-likeness (QED) is 0.713. The molecule has 1 aromatic carbocycles. The largest absolute Gasteiger partial charge is 0.354 e. The van der Waals surface area contributed by atoms with E-state index in [1.165, 1.54) is 0 Å². The standard InChI is InChI=1S/C14H23N3O/c1-3-17(2)13(12-8-5-4-6-9-12)14(18)16-11-7-10-15/h4-6,8-9,13H,3,7,10-11,15H2,1-2H3,(H,16,18). The lowest BCUT2D eigenvalue weighted by molar-refractivity contribution is -0.126. The van der Waals surface area contributed by atoms with Gasteiger partial charge in [-0.05, 0) is 32.1 Å². The summed E-state index contributed by atoms with van der Waals surface area (Å²) in [4.78, 5) is 14.3. The van der Waals surface area contributed by atoms with Crippen LogP contribution >= 0.6 is 0 Å². The lowest BCUT2D eigenvalue weighted by Crippen LogP contribution is -2.39. The summed E-state index contributed by atoms with van der Waals surface area (Å²) in [6, 6.07) is 9.61. The zero-order chi connectivity index (χ0) is 13.4. The van der Waals surface area contributed by atoms with Crippen LogP contribution in [-0.2, 0) is 4.79 Å².